The van der Waals surface area contributed by atoms with Crippen LogP contribution in [0.2, 0.25) is 0 Å². The Balaban J connectivity index is 2.01. The highest BCUT2D eigenvalue weighted by atomic mass is 16.4. The summed E-state index contributed by atoms with van der Waals surface area (Å²) < 4.78 is 0. The summed E-state index contributed by atoms with van der Waals surface area (Å²) in [5.41, 5.74) is 3.40. The van der Waals surface area contributed by atoms with Gasteiger partial charge in [-0.05, 0) is 18.2 Å². The number of piperidine rings is 1. The van der Waals surface area contributed by atoms with E-state index in [9.17, 15) is 5.21 Å². The maximum Gasteiger partial charge on any atom is 0.0636 e. The molecule has 1 fully saturated rings. The van der Waals surface area contributed by atoms with Gasteiger partial charge in [-0.1, -0.05) is 72.7 Å². The smallest absolute Gasteiger partial charge is 0.0636 e. The van der Waals surface area contributed by atoms with Crippen molar-refractivity contribution in [3.05, 3.63) is 71.8 Å². The van der Waals surface area contributed by atoms with Crippen molar-refractivity contribution in [2.45, 2.75) is 25.4 Å². The summed E-state index contributed by atoms with van der Waals surface area (Å²) in [6, 6.07) is 21.4. The van der Waals surface area contributed by atoms with Crippen LogP contribution in [-0.4, -0.2) is 22.9 Å². The molecule has 1 saturated heterocycles. The van der Waals surface area contributed by atoms with Crippen LogP contribution in [0, 0.1) is 5.92 Å². The lowest BCUT2D eigenvalue weighted by Crippen LogP contribution is -2.42. The maximum absolute atomic E-state index is 9.45. The Labute approximate surface area is 131 Å². The van der Waals surface area contributed by atoms with E-state index < -0.39 is 0 Å². The molecule has 1 N–H and O–H groups in total. The van der Waals surface area contributed by atoms with Crippen molar-refractivity contribution in [3.63, 3.8) is 0 Å². The number of rotatable bonds is 2. The van der Waals surface area contributed by atoms with Gasteiger partial charge in [0.05, 0.1) is 5.71 Å². The van der Waals surface area contributed by atoms with E-state index in [1.165, 1.54) is 11.1 Å². The fraction of sp³-hybridized carbons (Fsp3) is 0.316. The summed E-state index contributed by atoms with van der Waals surface area (Å²) in [5, 5.41) is 13.1. The maximum atomic E-state index is 9.45. The topological polar surface area (TPSA) is 35.8 Å². The van der Waals surface area contributed by atoms with Crippen LogP contribution in [0.5, 0.6) is 0 Å². The van der Waals surface area contributed by atoms with E-state index in [1.807, 2.05) is 12.1 Å². The van der Waals surface area contributed by atoms with Crippen LogP contribution >= 0.6 is 0 Å². The van der Waals surface area contributed by atoms with Gasteiger partial charge in [0, 0.05) is 24.4 Å². The number of nitrogens with zero attached hydrogens (tertiary/aromatic N) is 2. The number of likely N-dealkylation sites (tertiary alicyclic amines) is 1. The second kappa shape index (κ2) is 6.32. The summed E-state index contributed by atoms with van der Waals surface area (Å²) in [4.78, 5) is 2.41. The van der Waals surface area contributed by atoms with Crippen LogP contribution in [0.25, 0.3) is 0 Å². The van der Waals surface area contributed by atoms with Gasteiger partial charge >= 0.3 is 0 Å². The molecule has 0 amide bonds. The van der Waals surface area contributed by atoms with Crippen LogP contribution < -0.4 is 0 Å². The molecule has 114 valence electrons. The molecule has 22 heavy (non-hydrogen) atoms. The minimum Gasteiger partial charge on any atom is -0.411 e. The average Bonchev–Trinajstić information content (AvgIpc) is 2.57. The van der Waals surface area contributed by atoms with Gasteiger partial charge in [-0.25, -0.2) is 0 Å². The van der Waals surface area contributed by atoms with E-state index in [4.69, 9.17) is 0 Å². The molecular weight excluding hydrogens is 272 g/mol. The lowest BCUT2D eigenvalue weighted by Gasteiger charge is -2.44. The molecule has 0 radical (unpaired) electrons. The van der Waals surface area contributed by atoms with Gasteiger partial charge in [0.2, 0.25) is 0 Å². The lowest BCUT2D eigenvalue weighted by atomic mass is 9.80. The molecular formula is C19H22N2O. The Morgan fingerprint density at radius 1 is 0.955 bits per heavy atom. The van der Waals surface area contributed by atoms with Crippen LogP contribution in [-0.2, 0) is 0 Å². The Hall–Kier alpha value is -2.13. The molecule has 0 aromatic heterocycles. The largest absolute Gasteiger partial charge is 0.411 e. The van der Waals surface area contributed by atoms with Crippen molar-refractivity contribution >= 4 is 5.71 Å². The Morgan fingerprint density at radius 3 is 2.05 bits per heavy atom. The third-order valence-electron chi connectivity index (χ3n) is 4.79. The zero-order valence-corrected chi connectivity index (χ0v) is 13.1. The summed E-state index contributed by atoms with van der Waals surface area (Å²) >= 11 is 0. The standard InChI is InChI=1S/C19H22N2O/c1-14-17(20-22)13-18(15-9-5-3-6-10-15)21(2)19(14)16-11-7-4-8-12-16/h3-12,14,18-19,22H,13H2,1-2H3/b20-17-/t14-,18-,19-/m1/s1. The van der Waals surface area contributed by atoms with Crippen LogP contribution in [0.15, 0.2) is 65.8 Å². The zero-order chi connectivity index (χ0) is 15.5. The number of benzene rings is 2. The second-order valence-corrected chi connectivity index (χ2v) is 6.03. The fourth-order valence-corrected chi connectivity index (χ4v) is 3.59. The second-order valence-electron chi connectivity index (χ2n) is 6.03. The van der Waals surface area contributed by atoms with Crippen molar-refractivity contribution in [1.82, 2.24) is 4.90 Å². The number of hydrogen-bond donors (Lipinski definition) is 1. The highest BCUT2D eigenvalue weighted by molar-refractivity contribution is 5.88. The van der Waals surface area contributed by atoms with Crippen molar-refractivity contribution in [1.29, 1.82) is 0 Å². The minimum absolute atomic E-state index is 0.192. The average molecular weight is 294 g/mol. The van der Waals surface area contributed by atoms with Gasteiger partial charge in [-0.15, -0.1) is 0 Å². The van der Waals surface area contributed by atoms with Gasteiger partial charge in [0.1, 0.15) is 0 Å². The van der Waals surface area contributed by atoms with Crippen molar-refractivity contribution in [2.75, 3.05) is 7.05 Å². The third-order valence-corrected chi connectivity index (χ3v) is 4.79. The molecule has 3 nitrogen and oxygen atoms in total. The summed E-state index contributed by atoms with van der Waals surface area (Å²) in [5.74, 6) is 0.192. The summed E-state index contributed by atoms with van der Waals surface area (Å²) in [7, 11) is 2.17. The summed E-state index contributed by atoms with van der Waals surface area (Å²) in [6.45, 7) is 2.14. The van der Waals surface area contributed by atoms with Gasteiger partial charge in [-0.3, -0.25) is 4.90 Å². The van der Waals surface area contributed by atoms with E-state index in [-0.39, 0.29) is 18.0 Å². The quantitative estimate of drug-likeness (QED) is 0.663. The Kier molecular flexibility index (Phi) is 4.25. The normalized spacial score (nSPS) is 27.9. The van der Waals surface area contributed by atoms with E-state index in [0.717, 1.165) is 12.1 Å². The highest BCUT2D eigenvalue weighted by Gasteiger charge is 2.38. The zero-order valence-electron chi connectivity index (χ0n) is 13.1. The first-order valence-corrected chi connectivity index (χ1v) is 7.75. The van der Waals surface area contributed by atoms with Gasteiger partial charge in [0.15, 0.2) is 0 Å². The van der Waals surface area contributed by atoms with Gasteiger partial charge in [0.25, 0.3) is 0 Å². The Morgan fingerprint density at radius 2 is 1.50 bits per heavy atom. The molecule has 0 aliphatic carbocycles. The molecule has 0 spiro atoms. The molecule has 1 aliphatic rings. The molecule has 0 saturated carbocycles. The SMILES string of the molecule is C[C@@H]1/C(=N\O)C[C@H](c2ccccc2)N(C)[C@H]1c1ccccc1. The first kappa shape index (κ1) is 14.8. The van der Waals surface area contributed by atoms with Crippen LogP contribution in [0.4, 0.5) is 0 Å². The predicted molar refractivity (Wildman–Crippen MR) is 89.1 cm³/mol. The molecule has 3 rings (SSSR count). The molecule has 0 unspecified atom stereocenters. The van der Waals surface area contributed by atoms with Gasteiger partial charge in [-0.2, -0.15) is 0 Å². The van der Waals surface area contributed by atoms with Crippen molar-refractivity contribution in [2.24, 2.45) is 11.1 Å². The first-order valence-electron chi connectivity index (χ1n) is 7.75. The van der Waals surface area contributed by atoms with Crippen LogP contribution in [0.3, 0.4) is 0 Å². The van der Waals surface area contributed by atoms with E-state index >= 15 is 0 Å². The van der Waals surface area contributed by atoms with E-state index in [1.54, 1.807) is 0 Å². The van der Waals surface area contributed by atoms with E-state index in [2.05, 4.69) is 72.6 Å². The highest BCUT2D eigenvalue weighted by Crippen LogP contribution is 2.42. The summed E-state index contributed by atoms with van der Waals surface area (Å²) in [6.07, 6.45) is 0.765. The minimum atomic E-state index is 0.192. The third kappa shape index (κ3) is 2.64. The number of oxime groups is 1. The number of hydrogen-bond acceptors (Lipinski definition) is 3. The molecule has 3 atom stereocenters. The van der Waals surface area contributed by atoms with Gasteiger partial charge < -0.3 is 5.21 Å². The van der Waals surface area contributed by atoms with E-state index in [0.29, 0.717) is 0 Å². The molecule has 2 aromatic carbocycles. The fourth-order valence-electron chi connectivity index (χ4n) is 3.59. The molecule has 1 heterocycles. The monoisotopic (exact) mass is 294 g/mol. The predicted octanol–water partition coefficient (Wildman–Crippen LogP) is 4.27. The van der Waals surface area contributed by atoms with Crippen molar-refractivity contribution in [3.8, 4) is 0 Å². The van der Waals surface area contributed by atoms with Crippen molar-refractivity contribution < 1.29 is 5.21 Å². The van der Waals surface area contributed by atoms with Crippen LogP contribution in [0.1, 0.15) is 36.6 Å². The first-order chi connectivity index (χ1) is 10.7. The Bertz CT molecular complexity index is 639. The molecule has 0 bridgehead atoms. The lowest BCUT2D eigenvalue weighted by molar-refractivity contribution is 0.128. The molecule has 1 aliphatic heterocycles. The molecule has 2 aromatic rings. The molecule has 3 heteroatoms.